The van der Waals surface area contributed by atoms with Crippen LogP contribution < -0.4 is 10.1 Å². The first kappa shape index (κ1) is 20.7. The summed E-state index contributed by atoms with van der Waals surface area (Å²) >= 11 is 0. The number of rotatable bonds is 7. The van der Waals surface area contributed by atoms with Crippen molar-refractivity contribution in [2.24, 2.45) is 0 Å². The molecule has 2 aliphatic rings. The molecular weight excluding hydrogens is 378 g/mol. The zero-order valence-corrected chi connectivity index (χ0v) is 17.6. The Kier molecular flexibility index (Phi) is 6.55. The van der Waals surface area contributed by atoms with Crippen LogP contribution in [0.15, 0.2) is 48.5 Å². The lowest BCUT2D eigenvalue weighted by atomic mass is 10.0. The number of aliphatic hydroxyl groups excluding tert-OH is 1. The van der Waals surface area contributed by atoms with Gasteiger partial charge in [-0.1, -0.05) is 42.5 Å². The average Bonchev–Trinajstić information content (AvgIpc) is 3.20. The van der Waals surface area contributed by atoms with E-state index in [9.17, 15) is 9.90 Å². The average molecular weight is 410 g/mol. The first-order chi connectivity index (χ1) is 14.6. The molecule has 0 saturated carbocycles. The number of nitrogens with zero attached hydrogens (tertiary/aromatic N) is 2. The summed E-state index contributed by atoms with van der Waals surface area (Å²) in [4.78, 5) is 17.1. The number of likely N-dealkylation sites (tertiary alicyclic amines) is 1. The molecule has 1 saturated heterocycles. The number of nitrogens with one attached hydrogen (secondary N) is 1. The van der Waals surface area contributed by atoms with Gasteiger partial charge in [0.2, 0.25) is 0 Å². The van der Waals surface area contributed by atoms with Gasteiger partial charge < -0.3 is 20.1 Å². The van der Waals surface area contributed by atoms with E-state index in [1.54, 1.807) is 4.90 Å². The first-order valence-corrected chi connectivity index (χ1v) is 10.8. The number of hydrogen-bond donors (Lipinski definition) is 2. The van der Waals surface area contributed by atoms with Gasteiger partial charge in [0.1, 0.15) is 5.75 Å². The van der Waals surface area contributed by atoms with Gasteiger partial charge in [0.05, 0.1) is 17.8 Å². The highest BCUT2D eigenvalue weighted by molar-refractivity contribution is 5.78. The van der Waals surface area contributed by atoms with Crippen LogP contribution in [0.1, 0.15) is 30.0 Å². The molecule has 6 nitrogen and oxygen atoms in total. The number of ether oxygens (including phenoxy) is 1. The second-order valence-corrected chi connectivity index (χ2v) is 8.24. The highest BCUT2D eigenvalue weighted by Crippen LogP contribution is 2.32. The third kappa shape index (κ3) is 4.77. The number of fused-ring (bicyclic) bond motifs is 1. The van der Waals surface area contributed by atoms with Crippen LogP contribution in [-0.4, -0.2) is 66.8 Å². The number of hydrogen-bond acceptors (Lipinski definition) is 5. The summed E-state index contributed by atoms with van der Waals surface area (Å²) in [6, 6.07) is 16.0. The summed E-state index contributed by atoms with van der Waals surface area (Å²) in [5.74, 6) is 0.685. The summed E-state index contributed by atoms with van der Waals surface area (Å²) in [5, 5.41) is 13.3. The Bertz CT molecular complexity index is 858. The molecule has 0 radical (unpaired) electrons. The predicted octanol–water partition coefficient (Wildman–Crippen LogP) is 2.69. The molecule has 0 unspecified atom stereocenters. The molecule has 2 aromatic carbocycles. The fourth-order valence-electron chi connectivity index (χ4n) is 4.36. The number of carbonyl (C=O) groups excluding carboxylic acids is 1. The second-order valence-electron chi connectivity index (χ2n) is 8.24. The maximum Gasteiger partial charge on any atom is 0.260 e. The summed E-state index contributed by atoms with van der Waals surface area (Å²) in [7, 11) is 1.84. The Morgan fingerprint density at radius 2 is 2.10 bits per heavy atom. The fraction of sp³-hybridized carbons (Fsp3) is 0.458. The first-order valence-electron chi connectivity index (χ1n) is 10.8. The number of aryl methyl sites for hydroxylation is 1. The van der Waals surface area contributed by atoms with Crippen molar-refractivity contribution in [2.45, 2.75) is 31.4 Å². The van der Waals surface area contributed by atoms with Crippen molar-refractivity contribution in [1.82, 2.24) is 9.80 Å². The van der Waals surface area contributed by atoms with E-state index in [0.29, 0.717) is 13.1 Å². The Morgan fingerprint density at radius 3 is 2.87 bits per heavy atom. The van der Waals surface area contributed by atoms with E-state index in [2.05, 4.69) is 28.4 Å². The van der Waals surface area contributed by atoms with E-state index < -0.39 is 0 Å². The summed E-state index contributed by atoms with van der Waals surface area (Å²) in [6.45, 7) is 3.14. The third-order valence-electron chi connectivity index (χ3n) is 6.11. The number of benzene rings is 2. The molecule has 0 aliphatic carbocycles. The third-order valence-corrected chi connectivity index (χ3v) is 6.11. The molecule has 2 aliphatic heterocycles. The molecule has 2 N–H and O–H groups in total. The summed E-state index contributed by atoms with van der Waals surface area (Å²) in [5.41, 5.74) is 3.35. The standard InChI is InChI=1S/C24H31N3O3/c1-26(21(18-7-3-2-4-8-18)16-27-14-12-20(28)15-27)23(29)17-30-22-11-5-9-19-10-6-13-25-24(19)22/h2-5,7-9,11,20-21,25,28H,6,10,12-17H2,1H3/t20-,21+/m0/s1. The normalized spacial score (nSPS) is 19.6. The highest BCUT2D eigenvalue weighted by atomic mass is 16.5. The van der Waals surface area contributed by atoms with Gasteiger partial charge in [-0.3, -0.25) is 9.69 Å². The molecule has 4 rings (SSSR count). The minimum absolute atomic E-state index is 0.000587. The minimum Gasteiger partial charge on any atom is -0.482 e. The molecule has 0 aromatic heterocycles. The number of carbonyl (C=O) groups is 1. The van der Waals surface area contributed by atoms with Crippen molar-refractivity contribution < 1.29 is 14.6 Å². The van der Waals surface area contributed by atoms with E-state index in [-0.39, 0.29) is 24.7 Å². The Morgan fingerprint density at radius 1 is 1.27 bits per heavy atom. The molecule has 1 amide bonds. The molecule has 1 fully saturated rings. The van der Waals surface area contributed by atoms with Crippen LogP contribution in [0.2, 0.25) is 0 Å². The van der Waals surface area contributed by atoms with E-state index >= 15 is 0 Å². The topological polar surface area (TPSA) is 65.0 Å². The van der Waals surface area contributed by atoms with Crippen LogP contribution in [0.3, 0.4) is 0 Å². The molecule has 0 bridgehead atoms. The molecular formula is C24H31N3O3. The van der Waals surface area contributed by atoms with Crippen LogP contribution in [0.25, 0.3) is 0 Å². The molecule has 2 heterocycles. The smallest absolute Gasteiger partial charge is 0.260 e. The highest BCUT2D eigenvalue weighted by Gasteiger charge is 2.28. The molecule has 0 spiro atoms. The van der Waals surface area contributed by atoms with E-state index in [4.69, 9.17) is 4.74 Å². The van der Waals surface area contributed by atoms with Crippen molar-refractivity contribution in [3.63, 3.8) is 0 Å². The van der Waals surface area contributed by atoms with Gasteiger partial charge in [-0.2, -0.15) is 0 Å². The number of para-hydroxylation sites is 1. The Labute approximate surface area is 178 Å². The minimum atomic E-state index is -0.275. The van der Waals surface area contributed by atoms with Crippen molar-refractivity contribution >= 4 is 11.6 Å². The second kappa shape index (κ2) is 9.49. The molecule has 2 aromatic rings. The Balaban J connectivity index is 1.44. The summed E-state index contributed by atoms with van der Waals surface area (Å²) < 4.78 is 5.95. The SMILES string of the molecule is CN(C(=O)COc1cccc2c1NCCC2)[C@H](CN1CC[C@H](O)C1)c1ccccc1. The van der Waals surface area contributed by atoms with E-state index in [1.165, 1.54) is 5.56 Å². The van der Waals surface area contributed by atoms with Crippen LogP contribution in [-0.2, 0) is 11.2 Å². The predicted molar refractivity (Wildman–Crippen MR) is 118 cm³/mol. The zero-order chi connectivity index (χ0) is 20.9. The van der Waals surface area contributed by atoms with E-state index in [0.717, 1.165) is 49.4 Å². The van der Waals surface area contributed by atoms with Gasteiger partial charge in [0.25, 0.3) is 5.91 Å². The monoisotopic (exact) mass is 409 g/mol. The van der Waals surface area contributed by atoms with Crippen LogP contribution in [0.4, 0.5) is 5.69 Å². The fourth-order valence-corrected chi connectivity index (χ4v) is 4.36. The maximum absolute atomic E-state index is 13.0. The lowest BCUT2D eigenvalue weighted by Crippen LogP contribution is -2.41. The van der Waals surface area contributed by atoms with E-state index in [1.807, 2.05) is 37.4 Å². The largest absolute Gasteiger partial charge is 0.482 e. The van der Waals surface area contributed by atoms with Gasteiger partial charge in [0, 0.05) is 33.2 Å². The van der Waals surface area contributed by atoms with Gasteiger partial charge >= 0.3 is 0 Å². The molecule has 2 atom stereocenters. The maximum atomic E-state index is 13.0. The Hall–Kier alpha value is -2.57. The van der Waals surface area contributed by atoms with Crippen LogP contribution in [0.5, 0.6) is 5.75 Å². The van der Waals surface area contributed by atoms with Gasteiger partial charge in [-0.15, -0.1) is 0 Å². The number of anilines is 1. The lowest BCUT2D eigenvalue weighted by Gasteiger charge is -2.32. The van der Waals surface area contributed by atoms with Crippen LogP contribution in [0, 0.1) is 0 Å². The van der Waals surface area contributed by atoms with Gasteiger partial charge in [-0.05, 0) is 36.5 Å². The van der Waals surface area contributed by atoms with Crippen molar-refractivity contribution in [1.29, 1.82) is 0 Å². The quantitative estimate of drug-likeness (QED) is 0.736. The molecule has 30 heavy (non-hydrogen) atoms. The summed E-state index contributed by atoms with van der Waals surface area (Å²) in [6.07, 6.45) is 2.66. The van der Waals surface area contributed by atoms with Crippen LogP contribution >= 0.6 is 0 Å². The van der Waals surface area contributed by atoms with Gasteiger partial charge in [0.15, 0.2) is 6.61 Å². The number of β-amino-alcohol motifs (C(OH)–C–C–N with tert-alkyl or cyclic N) is 1. The number of amides is 1. The van der Waals surface area contributed by atoms with Gasteiger partial charge in [-0.25, -0.2) is 0 Å². The lowest BCUT2D eigenvalue weighted by molar-refractivity contribution is -0.134. The number of aliphatic hydroxyl groups is 1. The zero-order valence-electron chi connectivity index (χ0n) is 17.6. The van der Waals surface area contributed by atoms with Crippen molar-refractivity contribution in [3.8, 4) is 5.75 Å². The molecule has 160 valence electrons. The molecule has 6 heteroatoms. The van der Waals surface area contributed by atoms with Crippen molar-refractivity contribution in [3.05, 3.63) is 59.7 Å². The number of likely N-dealkylation sites (N-methyl/N-ethyl adjacent to an activating group) is 1. The van der Waals surface area contributed by atoms with Crippen molar-refractivity contribution in [2.75, 3.05) is 45.2 Å².